The van der Waals surface area contributed by atoms with Gasteiger partial charge in [-0.05, 0) is 28.1 Å². The molecule has 0 radical (unpaired) electrons. The molecule has 0 aliphatic heterocycles. The lowest BCUT2D eigenvalue weighted by Crippen LogP contribution is -1.91. The second-order valence-corrected chi connectivity index (χ2v) is 5.04. The van der Waals surface area contributed by atoms with Crippen molar-refractivity contribution in [3.05, 3.63) is 44.6 Å². The normalized spacial score (nSPS) is 9.78. The van der Waals surface area contributed by atoms with E-state index in [2.05, 4.69) is 15.9 Å². The first-order valence-corrected chi connectivity index (χ1v) is 6.47. The third kappa shape index (κ3) is 2.53. The minimum atomic E-state index is -0.996. The number of aromatic carboxylic acids is 1. The van der Waals surface area contributed by atoms with Crippen molar-refractivity contribution in [2.75, 3.05) is 0 Å². The molecule has 0 aliphatic rings. The van der Waals surface area contributed by atoms with Gasteiger partial charge in [0.2, 0.25) is 0 Å². The van der Waals surface area contributed by atoms with Crippen LogP contribution in [0.15, 0.2) is 34.1 Å². The highest BCUT2D eigenvalue weighted by atomic mass is 79.9. The van der Waals surface area contributed by atoms with E-state index in [9.17, 15) is 4.79 Å². The van der Waals surface area contributed by atoms with Crippen molar-refractivity contribution in [3.63, 3.8) is 0 Å². The number of benzene rings is 1. The van der Waals surface area contributed by atoms with Gasteiger partial charge in [-0.25, -0.2) is 4.79 Å². The molecule has 2 aromatic rings. The van der Waals surface area contributed by atoms with Gasteiger partial charge in [0.25, 0.3) is 0 Å². The zero-order valence-corrected chi connectivity index (χ0v) is 11.3. The maximum atomic E-state index is 10.7. The lowest BCUT2D eigenvalue weighted by atomic mass is 10.2. The van der Waals surface area contributed by atoms with Crippen molar-refractivity contribution in [3.8, 4) is 17.6 Å². The van der Waals surface area contributed by atoms with Crippen LogP contribution in [-0.4, -0.2) is 11.1 Å². The molecule has 0 saturated heterocycles. The van der Waals surface area contributed by atoms with E-state index in [1.807, 2.05) is 6.07 Å². The van der Waals surface area contributed by atoms with Gasteiger partial charge in [0.05, 0.1) is 0 Å². The molecule has 1 aromatic heterocycles. The maximum absolute atomic E-state index is 10.7. The molecule has 2 rings (SSSR count). The molecular weight excluding hydrogens is 318 g/mol. The van der Waals surface area contributed by atoms with E-state index in [4.69, 9.17) is 15.1 Å². The molecular formula is C12H6BrNO3S. The Kier molecular flexibility index (Phi) is 3.65. The fraction of sp³-hybridized carbons (Fsp3) is 0. The molecule has 0 bridgehead atoms. The van der Waals surface area contributed by atoms with Crippen molar-refractivity contribution in [2.45, 2.75) is 0 Å². The second-order valence-electron chi connectivity index (χ2n) is 3.28. The molecule has 1 N–H and O–H groups in total. The number of halogens is 1. The van der Waals surface area contributed by atoms with Crippen molar-refractivity contribution in [1.82, 2.24) is 0 Å². The van der Waals surface area contributed by atoms with Crippen molar-refractivity contribution in [1.29, 1.82) is 5.26 Å². The van der Waals surface area contributed by atoms with Crippen LogP contribution < -0.4 is 4.74 Å². The molecule has 0 atom stereocenters. The Hall–Kier alpha value is -1.84. The summed E-state index contributed by atoms with van der Waals surface area (Å²) < 4.78 is 6.14. The Morgan fingerprint density at radius 1 is 1.50 bits per heavy atom. The van der Waals surface area contributed by atoms with E-state index >= 15 is 0 Å². The molecule has 0 unspecified atom stereocenters. The first-order chi connectivity index (χ1) is 8.61. The average molecular weight is 324 g/mol. The monoisotopic (exact) mass is 323 g/mol. The summed E-state index contributed by atoms with van der Waals surface area (Å²) in [6.07, 6.45) is 0. The first kappa shape index (κ1) is 12.6. The van der Waals surface area contributed by atoms with E-state index in [-0.39, 0.29) is 4.88 Å². The minimum absolute atomic E-state index is 0.193. The quantitative estimate of drug-likeness (QED) is 0.930. The van der Waals surface area contributed by atoms with Gasteiger partial charge in [-0.2, -0.15) is 5.26 Å². The number of hydrogen-bond acceptors (Lipinski definition) is 4. The van der Waals surface area contributed by atoms with Crippen LogP contribution in [0, 0.1) is 11.3 Å². The largest absolute Gasteiger partial charge is 0.477 e. The topological polar surface area (TPSA) is 70.3 Å². The van der Waals surface area contributed by atoms with Gasteiger partial charge in [0.15, 0.2) is 0 Å². The summed E-state index contributed by atoms with van der Waals surface area (Å²) >= 11 is 4.33. The number of carboxylic acids is 1. The molecule has 4 nitrogen and oxygen atoms in total. The third-order valence-electron chi connectivity index (χ3n) is 2.10. The smallest absolute Gasteiger partial charge is 0.346 e. The predicted octanol–water partition coefficient (Wildman–Crippen LogP) is 3.87. The molecule has 0 saturated carbocycles. The lowest BCUT2D eigenvalue weighted by molar-refractivity contribution is 0.0702. The summed E-state index contributed by atoms with van der Waals surface area (Å²) in [4.78, 5) is 10.9. The van der Waals surface area contributed by atoms with Crippen molar-refractivity contribution < 1.29 is 14.6 Å². The molecule has 1 aromatic carbocycles. The summed E-state index contributed by atoms with van der Waals surface area (Å²) in [6, 6.07) is 8.59. The highest BCUT2D eigenvalue weighted by Crippen LogP contribution is 2.32. The first-order valence-electron chi connectivity index (χ1n) is 4.80. The molecule has 90 valence electrons. The molecule has 6 heteroatoms. The van der Waals surface area contributed by atoms with E-state index in [1.54, 1.807) is 23.6 Å². The van der Waals surface area contributed by atoms with Crippen LogP contribution in [0.1, 0.15) is 15.2 Å². The Balaban J connectivity index is 2.31. The second kappa shape index (κ2) is 5.21. The van der Waals surface area contributed by atoms with Crippen LogP contribution in [0.5, 0.6) is 11.5 Å². The number of carbonyl (C=O) groups is 1. The number of ether oxygens (including phenoxy) is 1. The maximum Gasteiger partial charge on any atom is 0.346 e. The fourth-order valence-corrected chi connectivity index (χ4v) is 2.39. The zero-order chi connectivity index (χ0) is 13.1. The van der Waals surface area contributed by atoms with Gasteiger partial charge in [-0.15, -0.1) is 11.3 Å². The highest BCUT2D eigenvalue weighted by Gasteiger charge is 2.11. The van der Waals surface area contributed by atoms with Gasteiger partial charge in [0.1, 0.15) is 28.0 Å². The average Bonchev–Trinajstić information content (AvgIpc) is 2.78. The Bertz CT molecular complexity index is 645. The number of nitriles is 1. The highest BCUT2D eigenvalue weighted by molar-refractivity contribution is 9.10. The minimum Gasteiger partial charge on any atom is -0.477 e. The van der Waals surface area contributed by atoms with Crippen LogP contribution >= 0.6 is 27.3 Å². The van der Waals surface area contributed by atoms with Crippen LogP contribution in [0.4, 0.5) is 0 Å². The lowest BCUT2D eigenvalue weighted by Gasteiger charge is -2.05. The van der Waals surface area contributed by atoms with Crippen molar-refractivity contribution >= 4 is 33.2 Å². The predicted molar refractivity (Wildman–Crippen MR) is 70.2 cm³/mol. The van der Waals surface area contributed by atoms with Crippen LogP contribution in [0.2, 0.25) is 0 Å². The third-order valence-corrected chi connectivity index (χ3v) is 3.66. The molecule has 0 aliphatic carbocycles. The summed E-state index contributed by atoms with van der Waals surface area (Å²) in [7, 11) is 0. The van der Waals surface area contributed by atoms with E-state index in [0.29, 0.717) is 21.5 Å². The Labute approximate surface area is 115 Å². The number of hydrogen-bond donors (Lipinski definition) is 1. The van der Waals surface area contributed by atoms with Crippen LogP contribution in [0.3, 0.4) is 0 Å². The number of nitrogens with zero attached hydrogens (tertiary/aromatic N) is 1. The zero-order valence-electron chi connectivity index (χ0n) is 8.88. The fourth-order valence-electron chi connectivity index (χ4n) is 1.31. The van der Waals surface area contributed by atoms with Gasteiger partial charge in [0, 0.05) is 15.9 Å². The SMILES string of the molecule is N#Cc1c(Br)cccc1Oc1csc(C(=O)O)c1. The summed E-state index contributed by atoms with van der Waals surface area (Å²) in [5.41, 5.74) is 0.376. The van der Waals surface area contributed by atoms with Gasteiger partial charge >= 0.3 is 5.97 Å². The van der Waals surface area contributed by atoms with Gasteiger partial charge in [-0.1, -0.05) is 6.07 Å². The summed E-state index contributed by atoms with van der Waals surface area (Å²) in [5.74, 6) is -0.196. The number of carboxylic acid groups (broad SMARTS) is 1. The van der Waals surface area contributed by atoms with Crippen LogP contribution in [0.25, 0.3) is 0 Å². The molecule has 18 heavy (non-hydrogen) atoms. The number of thiophene rings is 1. The standard InChI is InChI=1S/C12H6BrNO3S/c13-9-2-1-3-10(8(9)5-14)17-7-4-11(12(15)16)18-6-7/h1-4,6H,(H,15,16). The Morgan fingerprint density at radius 3 is 2.89 bits per heavy atom. The number of rotatable bonds is 3. The van der Waals surface area contributed by atoms with E-state index in [0.717, 1.165) is 11.3 Å². The van der Waals surface area contributed by atoms with E-state index in [1.165, 1.54) is 6.07 Å². The van der Waals surface area contributed by atoms with Gasteiger partial charge < -0.3 is 9.84 Å². The molecule has 1 heterocycles. The summed E-state index contributed by atoms with van der Waals surface area (Å²) in [6.45, 7) is 0. The summed E-state index contributed by atoms with van der Waals surface area (Å²) in [5, 5.41) is 19.4. The van der Waals surface area contributed by atoms with Crippen molar-refractivity contribution in [2.24, 2.45) is 0 Å². The van der Waals surface area contributed by atoms with Gasteiger partial charge in [-0.3, -0.25) is 0 Å². The molecule has 0 fully saturated rings. The van der Waals surface area contributed by atoms with E-state index < -0.39 is 5.97 Å². The molecule has 0 amide bonds. The Morgan fingerprint density at radius 2 is 2.28 bits per heavy atom. The molecule has 0 spiro atoms. The van der Waals surface area contributed by atoms with Crippen LogP contribution in [-0.2, 0) is 0 Å².